The molecule has 1 saturated carbocycles. The van der Waals surface area contributed by atoms with Crippen molar-refractivity contribution in [2.45, 2.75) is 44.8 Å². The molecule has 2 aliphatic heterocycles. The highest BCUT2D eigenvalue weighted by Gasteiger charge is 2.57. The average Bonchev–Trinajstić information content (AvgIpc) is 3.01. The maximum Gasteiger partial charge on any atom is 0.0891 e. The Kier molecular flexibility index (Phi) is 1.72. The summed E-state index contributed by atoms with van der Waals surface area (Å²) < 4.78 is 11.0. The predicted octanol–water partition coefficient (Wildman–Crippen LogP) is 1.98. The first-order valence-corrected chi connectivity index (χ1v) is 5.54. The topological polar surface area (TPSA) is 25.1 Å². The summed E-state index contributed by atoms with van der Waals surface area (Å²) in [6.07, 6.45) is 6.52. The van der Waals surface area contributed by atoms with Crippen molar-refractivity contribution in [1.82, 2.24) is 0 Å². The summed E-state index contributed by atoms with van der Waals surface area (Å²) in [6, 6.07) is 0. The van der Waals surface area contributed by atoms with Gasteiger partial charge in [0.15, 0.2) is 0 Å². The number of hydrogen-bond donors (Lipinski definition) is 0. The minimum absolute atomic E-state index is 0.437. The van der Waals surface area contributed by atoms with E-state index in [0.29, 0.717) is 17.6 Å². The maximum atomic E-state index is 5.51. The van der Waals surface area contributed by atoms with E-state index < -0.39 is 0 Å². The standard InChI is InChI=1S/C11H18O2/c1-8-2-4-11(5-3-8,9-6-12-9)10-7-13-10/h8-10H,2-7H2,1H3. The molecule has 2 unspecified atom stereocenters. The van der Waals surface area contributed by atoms with Gasteiger partial charge in [0.1, 0.15) is 0 Å². The van der Waals surface area contributed by atoms with Gasteiger partial charge in [-0.1, -0.05) is 6.92 Å². The Hall–Kier alpha value is -0.0800. The van der Waals surface area contributed by atoms with E-state index in [1.54, 1.807) is 0 Å². The Morgan fingerprint density at radius 2 is 1.46 bits per heavy atom. The average molecular weight is 182 g/mol. The largest absolute Gasteiger partial charge is 0.372 e. The highest BCUT2D eigenvalue weighted by molar-refractivity contribution is 5.04. The molecule has 0 aromatic carbocycles. The van der Waals surface area contributed by atoms with Crippen LogP contribution in [-0.2, 0) is 9.47 Å². The molecule has 2 heteroatoms. The lowest BCUT2D eigenvalue weighted by Crippen LogP contribution is -2.37. The summed E-state index contributed by atoms with van der Waals surface area (Å²) in [5.41, 5.74) is 0.437. The molecular formula is C11H18O2. The van der Waals surface area contributed by atoms with Gasteiger partial charge >= 0.3 is 0 Å². The van der Waals surface area contributed by atoms with E-state index in [1.807, 2.05) is 0 Å². The van der Waals surface area contributed by atoms with Gasteiger partial charge in [0.05, 0.1) is 25.4 Å². The zero-order chi connectivity index (χ0) is 8.89. The fraction of sp³-hybridized carbons (Fsp3) is 1.00. The Balaban J connectivity index is 1.75. The van der Waals surface area contributed by atoms with Crippen LogP contribution in [0.15, 0.2) is 0 Å². The van der Waals surface area contributed by atoms with Crippen LogP contribution in [0.5, 0.6) is 0 Å². The second-order valence-corrected chi connectivity index (χ2v) is 5.06. The Bertz CT molecular complexity index is 184. The van der Waals surface area contributed by atoms with Crippen molar-refractivity contribution in [3.8, 4) is 0 Å². The van der Waals surface area contributed by atoms with Crippen LogP contribution in [-0.4, -0.2) is 25.4 Å². The van der Waals surface area contributed by atoms with Crippen LogP contribution in [0.2, 0.25) is 0 Å². The van der Waals surface area contributed by atoms with Crippen molar-refractivity contribution in [3.63, 3.8) is 0 Å². The summed E-state index contributed by atoms with van der Waals surface area (Å²) in [6.45, 7) is 4.36. The van der Waals surface area contributed by atoms with E-state index in [-0.39, 0.29) is 0 Å². The van der Waals surface area contributed by atoms with Gasteiger partial charge in [-0.2, -0.15) is 0 Å². The van der Waals surface area contributed by atoms with Crippen molar-refractivity contribution in [3.05, 3.63) is 0 Å². The lowest BCUT2D eigenvalue weighted by molar-refractivity contribution is 0.0736. The maximum absolute atomic E-state index is 5.51. The molecule has 2 nitrogen and oxygen atoms in total. The Morgan fingerprint density at radius 3 is 1.85 bits per heavy atom. The predicted molar refractivity (Wildman–Crippen MR) is 49.5 cm³/mol. The second-order valence-electron chi connectivity index (χ2n) is 5.06. The molecule has 2 saturated heterocycles. The monoisotopic (exact) mass is 182 g/mol. The van der Waals surface area contributed by atoms with Crippen LogP contribution in [0.25, 0.3) is 0 Å². The van der Waals surface area contributed by atoms with Crippen LogP contribution in [0.3, 0.4) is 0 Å². The van der Waals surface area contributed by atoms with E-state index in [9.17, 15) is 0 Å². The van der Waals surface area contributed by atoms with Gasteiger partial charge in [-0.05, 0) is 31.6 Å². The van der Waals surface area contributed by atoms with E-state index in [0.717, 1.165) is 19.1 Å². The summed E-state index contributed by atoms with van der Waals surface area (Å²) in [4.78, 5) is 0. The summed E-state index contributed by atoms with van der Waals surface area (Å²) in [7, 11) is 0. The fourth-order valence-corrected chi connectivity index (χ4v) is 2.91. The van der Waals surface area contributed by atoms with E-state index >= 15 is 0 Å². The van der Waals surface area contributed by atoms with Crippen molar-refractivity contribution < 1.29 is 9.47 Å². The molecule has 0 amide bonds. The minimum atomic E-state index is 0.437. The van der Waals surface area contributed by atoms with Crippen molar-refractivity contribution in [1.29, 1.82) is 0 Å². The molecule has 3 aliphatic rings. The zero-order valence-corrected chi connectivity index (χ0v) is 8.29. The molecule has 2 atom stereocenters. The molecule has 1 aliphatic carbocycles. The van der Waals surface area contributed by atoms with Crippen molar-refractivity contribution in [2.75, 3.05) is 13.2 Å². The highest BCUT2D eigenvalue weighted by Crippen LogP contribution is 2.53. The first-order valence-electron chi connectivity index (χ1n) is 5.54. The molecule has 2 heterocycles. The molecule has 0 bridgehead atoms. The smallest absolute Gasteiger partial charge is 0.0891 e. The first kappa shape index (κ1) is 8.25. The van der Waals surface area contributed by atoms with Gasteiger partial charge in [0, 0.05) is 5.41 Å². The summed E-state index contributed by atoms with van der Waals surface area (Å²) >= 11 is 0. The number of ether oxygens (including phenoxy) is 2. The molecule has 74 valence electrons. The van der Waals surface area contributed by atoms with E-state index in [1.165, 1.54) is 25.7 Å². The quantitative estimate of drug-likeness (QED) is 0.610. The van der Waals surface area contributed by atoms with Crippen molar-refractivity contribution in [2.24, 2.45) is 11.3 Å². The molecule has 0 aromatic rings. The van der Waals surface area contributed by atoms with Gasteiger partial charge in [-0.25, -0.2) is 0 Å². The Morgan fingerprint density at radius 1 is 1.00 bits per heavy atom. The van der Waals surface area contributed by atoms with Gasteiger partial charge in [-0.3, -0.25) is 0 Å². The number of hydrogen-bond acceptors (Lipinski definition) is 2. The zero-order valence-electron chi connectivity index (χ0n) is 8.29. The van der Waals surface area contributed by atoms with Gasteiger partial charge in [0.25, 0.3) is 0 Å². The van der Waals surface area contributed by atoms with E-state index in [2.05, 4.69) is 6.92 Å². The molecular weight excluding hydrogens is 164 g/mol. The molecule has 0 N–H and O–H groups in total. The molecule has 3 rings (SSSR count). The van der Waals surface area contributed by atoms with Crippen LogP contribution in [0, 0.1) is 11.3 Å². The van der Waals surface area contributed by atoms with Crippen LogP contribution < -0.4 is 0 Å². The van der Waals surface area contributed by atoms with Crippen LogP contribution in [0.1, 0.15) is 32.6 Å². The minimum Gasteiger partial charge on any atom is -0.372 e. The molecule has 13 heavy (non-hydrogen) atoms. The third kappa shape index (κ3) is 1.31. The van der Waals surface area contributed by atoms with Gasteiger partial charge in [-0.15, -0.1) is 0 Å². The summed E-state index contributed by atoms with van der Waals surface area (Å²) in [5, 5.41) is 0. The second kappa shape index (κ2) is 2.71. The lowest BCUT2D eigenvalue weighted by Gasteiger charge is -2.37. The molecule has 0 spiro atoms. The third-order valence-electron chi connectivity index (χ3n) is 4.15. The normalized spacial score (nSPS) is 54.7. The Labute approximate surface area is 79.6 Å². The number of epoxide rings is 2. The number of rotatable bonds is 2. The lowest BCUT2D eigenvalue weighted by atomic mass is 9.67. The molecule has 3 fully saturated rings. The van der Waals surface area contributed by atoms with Crippen molar-refractivity contribution >= 4 is 0 Å². The molecule has 0 aromatic heterocycles. The SMILES string of the molecule is CC1CCC(C2CO2)(C2CO2)CC1. The fourth-order valence-electron chi connectivity index (χ4n) is 2.91. The van der Waals surface area contributed by atoms with Gasteiger partial charge < -0.3 is 9.47 Å². The highest BCUT2D eigenvalue weighted by atomic mass is 16.6. The summed E-state index contributed by atoms with van der Waals surface area (Å²) in [5.74, 6) is 0.922. The van der Waals surface area contributed by atoms with Crippen LogP contribution >= 0.6 is 0 Å². The van der Waals surface area contributed by atoms with Gasteiger partial charge in [0.2, 0.25) is 0 Å². The third-order valence-corrected chi connectivity index (χ3v) is 4.15. The first-order chi connectivity index (χ1) is 6.31. The van der Waals surface area contributed by atoms with E-state index in [4.69, 9.17) is 9.47 Å². The van der Waals surface area contributed by atoms with Crippen LogP contribution in [0.4, 0.5) is 0 Å². The molecule has 0 radical (unpaired) electrons.